The molecule has 1 fully saturated rings. The molecule has 4 nitrogen and oxygen atoms in total. The first-order valence-corrected chi connectivity index (χ1v) is 6.51. The lowest BCUT2D eigenvalue weighted by molar-refractivity contribution is 0.347. The van der Waals surface area contributed by atoms with Gasteiger partial charge in [0.25, 0.3) is 0 Å². The Labute approximate surface area is 108 Å². The highest BCUT2D eigenvalue weighted by Gasteiger charge is 2.29. The first-order valence-electron chi connectivity index (χ1n) is 6.51. The zero-order valence-corrected chi connectivity index (χ0v) is 11.1. The Morgan fingerprint density at radius 2 is 2.33 bits per heavy atom. The van der Waals surface area contributed by atoms with Gasteiger partial charge in [0.05, 0.1) is 5.56 Å². The van der Waals surface area contributed by atoms with Gasteiger partial charge in [-0.2, -0.15) is 5.26 Å². The highest BCUT2D eigenvalue weighted by molar-refractivity contribution is 5.55. The van der Waals surface area contributed by atoms with Crippen LogP contribution in [0.3, 0.4) is 0 Å². The average molecular weight is 244 g/mol. The van der Waals surface area contributed by atoms with Crippen molar-refractivity contribution >= 4 is 5.82 Å². The van der Waals surface area contributed by atoms with Crippen molar-refractivity contribution in [3.63, 3.8) is 0 Å². The summed E-state index contributed by atoms with van der Waals surface area (Å²) in [5.41, 5.74) is 7.49. The molecule has 1 aromatic heterocycles. The lowest BCUT2D eigenvalue weighted by Crippen LogP contribution is -2.49. The average Bonchev–Trinajstić information content (AvgIpc) is 2.38. The van der Waals surface area contributed by atoms with Crippen LogP contribution in [0.2, 0.25) is 0 Å². The summed E-state index contributed by atoms with van der Waals surface area (Å²) in [5.74, 6) is 1.36. The molecule has 2 unspecified atom stereocenters. The zero-order valence-electron chi connectivity index (χ0n) is 11.1. The third-order valence-corrected chi connectivity index (χ3v) is 3.76. The highest BCUT2D eigenvalue weighted by atomic mass is 15.2. The molecular weight excluding hydrogens is 224 g/mol. The second-order valence-electron chi connectivity index (χ2n) is 5.05. The molecule has 0 aliphatic carbocycles. The van der Waals surface area contributed by atoms with Crippen LogP contribution in [0.1, 0.15) is 31.0 Å². The van der Waals surface area contributed by atoms with E-state index in [1.54, 1.807) is 0 Å². The number of pyridine rings is 1. The van der Waals surface area contributed by atoms with Crippen LogP contribution in [0.25, 0.3) is 0 Å². The molecule has 4 heteroatoms. The number of hydrogen-bond donors (Lipinski definition) is 1. The van der Waals surface area contributed by atoms with Crippen molar-refractivity contribution in [2.24, 2.45) is 11.7 Å². The number of aromatic nitrogens is 1. The maximum absolute atomic E-state index is 9.22. The largest absolute Gasteiger partial charge is 0.351 e. The van der Waals surface area contributed by atoms with Crippen LogP contribution in [-0.4, -0.2) is 24.1 Å². The predicted molar refractivity (Wildman–Crippen MR) is 72.3 cm³/mol. The number of hydrogen-bond acceptors (Lipinski definition) is 4. The normalized spacial score (nSPS) is 23.8. The van der Waals surface area contributed by atoms with Crippen LogP contribution in [0.15, 0.2) is 12.1 Å². The van der Waals surface area contributed by atoms with Gasteiger partial charge in [0, 0.05) is 24.8 Å². The number of nitrogens with zero attached hydrogens (tertiary/aromatic N) is 3. The lowest BCUT2D eigenvalue weighted by Gasteiger charge is -2.40. The van der Waals surface area contributed by atoms with Crippen molar-refractivity contribution < 1.29 is 0 Å². The molecule has 2 heterocycles. The topological polar surface area (TPSA) is 65.9 Å². The van der Waals surface area contributed by atoms with Gasteiger partial charge in [-0.3, -0.25) is 0 Å². The molecule has 0 bridgehead atoms. The number of rotatable bonds is 2. The predicted octanol–water partition coefficient (Wildman–Crippen LogP) is 1.83. The molecule has 0 aromatic carbocycles. The number of piperidine rings is 1. The van der Waals surface area contributed by atoms with E-state index in [1.165, 1.54) is 6.42 Å². The summed E-state index contributed by atoms with van der Waals surface area (Å²) < 4.78 is 0. The zero-order chi connectivity index (χ0) is 13.1. The minimum atomic E-state index is 0.292. The second kappa shape index (κ2) is 5.36. The fourth-order valence-electron chi connectivity index (χ4n) is 2.72. The highest BCUT2D eigenvalue weighted by Crippen LogP contribution is 2.29. The SMILES string of the molecule is Cc1ccc(C#N)c(N2CCCC(C)C2CN)n1. The molecule has 0 radical (unpaired) electrons. The van der Waals surface area contributed by atoms with E-state index in [-0.39, 0.29) is 0 Å². The molecule has 1 aliphatic heterocycles. The van der Waals surface area contributed by atoms with Crippen molar-refractivity contribution in [2.75, 3.05) is 18.0 Å². The molecule has 0 spiro atoms. The van der Waals surface area contributed by atoms with E-state index in [2.05, 4.69) is 22.9 Å². The molecule has 1 aromatic rings. The minimum absolute atomic E-state index is 0.292. The quantitative estimate of drug-likeness (QED) is 0.862. The monoisotopic (exact) mass is 244 g/mol. The third kappa shape index (κ3) is 2.32. The number of nitriles is 1. The summed E-state index contributed by atoms with van der Waals surface area (Å²) in [6.45, 7) is 5.74. The summed E-state index contributed by atoms with van der Waals surface area (Å²) >= 11 is 0. The van der Waals surface area contributed by atoms with Crippen LogP contribution in [0.5, 0.6) is 0 Å². The van der Waals surface area contributed by atoms with Crippen LogP contribution >= 0.6 is 0 Å². The third-order valence-electron chi connectivity index (χ3n) is 3.76. The molecule has 2 N–H and O–H groups in total. The van der Waals surface area contributed by atoms with E-state index < -0.39 is 0 Å². The van der Waals surface area contributed by atoms with Gasteiger partial charge in [-0.05, 0) is 37.8 Å². The number of anilines is 1. The maximum atomic E-state index is 9.22. The van der Waals surface area contributed by atoms with Crippen LogP contribution in [0, 0.1) is 24.2 Å². The molecule has 1 saturated heterocycles. The minimum Gasteiger partial charge on any atom is -0.351 e. The Morgan fingerprint density at radius 3 is 3.00 bits per heavy atom. The van der Waals surface area contributed by atoms with Crippen LogP contribution in [-0.2, 0) is 0 Å². The summed E-state index contributed by atoms with van der Waals surface area (Å²) in [6.07, 6.45) is 2.34. The van der Waals surface area contributed by atoms with Gasteiger partial charge in [0.15, 0.2) is 0 Å². The Hall–Kier alpha value is -1.60. The van der Waals surface area contributed by atoms with E-state index >= 15 is 0 Å². The van der Waals surface area contributed by atoms with Gasteiger partial charge >= 0.3 is 0 Å². The van der Waals surface area contributed by atoms with Crippen molar-refractivity contribution in [3.8, 4) is 6.07 Å². The number of aryl methyl sites for hydroxylation is 1. The molecular formula is C14H20N4. The molecule has 0 amide bonds. The standard InChI is InChI=1S/C14H20N4/c1-10-4-3-7-18(13(10)9-16)14-12(8-15)6-5-11(2)17-14/h5-6,10,13H,3-4,7,9,16H2,1-2H3. The Bertz CT molecular complexity index is 463. The molecule has 1 aliphatic rings. The van der Waals surface area contributed by atoms with Gasteiger partial charge < -0.3 is 10.6 Å². The van der Waals surface area contributed by atoms with E-state index in [9.17, 15) is 5.26 Å². The van der Waals surface area contributed by atoms with E-state index in [1.807, 2.05) is 19.1 Å². The molecule has 2 rings (SSSR count). The summed E-state index contributed by atoms with van der Waals surface area (Å²) in [4.78, 5) is 6.77. The second-order valence-corrected chi connectivity index (χ2v) is 5.05. The first-order chi connectivity index (χ1) is 8.67. The molecule has 0 saturated carbocycles. The molecule has 96 valence electrons. The fraction of sp³-hybridized carbons (Fsp3) is 0.571. The molecule has 2 atom stereocenters. The van der Waals surface area contributed by atoms with Gasteiger partial charge in [-0.1, -0.05) is 6.92 Å². The van der Waals surface area contributed by atoms with Crippen LogP contribution < -0.4 is 10.6 Å². The number of nitrogens with two attached hydrogens (primary N) is 1. The van der Waals surface area contributed by atoms with Gasteiger partial charge in [0.2, 0.25) is 0 Å². The van der Waals surface area contributed by atoms with Gasteiger partial charge in [-0.15, -0.1) is 0 Å². The molecule has 18 heavy (non-hydrogen) atoms. The summed E-state index contributed by atoms with van der Waals surface area (Å²) in [6, 6.07) is 6.26. The van der Waals surface area contributed by atoms with Gasteiger partial charge in [-0.25, -0.2) is 4.98 Å². The Morgan fingerprint density at radius 1 is 1.56 bits per heavy atom. The van der Waals surface area contributed by atoms with Gasteiger partial charge in [0.1, 0.15) is 11.9 Å². The van der Waals surface area contributed by atoms with Crippen LogP contribution in [0.4, 0.5) is 5.82 Å². The smallest absolute Gasteiger partial charge is 0.147 e. The Balaban J connectivity index is 2.40. The van der Waals surface area contributed by atoms with Crippen molar-refractivity contribution in [1.82, 2.24) is 4.98 Å². The lowest BCUT2D eigenvalue weighted by atomic mass is 9.90. The summed E-state index contributed by atoms with van der Waals surface area (Å²) in [5, 5.41) is 9.22. The first kappa shape index (κ1) is 12.8. The maximum Gasteiger partial charge on any atom is 0.147 e. The summed E-state index contributed by atoms with van der Waals surface area (Å²) in [7, 11) is 0. The van der Waals surface area contributed by atoms with E-state index in [4.69, 9.17) is 5.73 Å². The van der Waals surface area contributed by atoms with Crippen molar-refractivity contribution in [3.05, 3.63) is 23.4 Å². The van der Waals surface area contributed by atoms with E-state index in [0.717, 1.165) is 24.5 Å². The fourth-order valence-corrected chi connectivity index (χ4v) is 2.72. The van der Waals surface area contributed by atoms with Crippen molar-refractivity contribution in [1.29, 1.82) is 5.26 Å². The van der Waals surface area contributed by atoms with E-state index in [0.29, 0.717) is 24.1 Å². The van der Waals surface area contributed by atoms with Crippen molar-refractivity contribution in [2.45, 2.75) is 32.7 Å². The Kier molecular flexibility index (Phi) is 3.83.